The van der Waals surface area contributed by atoms with Crippen LogP contribution < -0.4 is 4.90 Å². The maximum absolute atomic E-state index is 12.3. The standard InChI is InChI=1S/C16H26N2O2S/c1-6-11(2)18(7-8-20-5)15-17-12-9-16(3,4)10-13(19)14(12)21-15/h11H,6-10H2,1-5H3. The van der Waals surface area contributed by atoms with Crippen molar-refractivity contribution < 1.29 is 9.53 Å². The predicted octanol–water partition coefficient (Wildman–Crippen LogP) is 3.55. The fraction of sp³-hybridized carbons (Fsp3) is 0.750. The molecule has 1 atom stereocenters. The van der Waals surface area contributed by atoms with E-state index in [-0.39, 0.29) is 11.2 Å². The summed E-state index contributed by atoms with van der Waals surface area (Å²) in [5.41, 5.74) is 1.02. The van der Waals surface area contributed by atoms with Crippen molar-refractivity contribution in [1.29, 1.82) is 0 Å². The number of hydrogen-bond acceptors (Lipinski definition) is 5. The number of aromatic nitrogens is 1. The van der Waals surface area contributed by atoms with Crippen LogP contribution in [-0.4, -0.2) is 37.1 Å². The van der Waals surface area contributed by atoms with Crippen LogP contribution in [-0.2, 0) is 11.2 Å². The lowest BCUT2D eigenvalue weighted by atomic mass is 9.78. The largest absolute Gasteiger partial charge is 0.383 e. The molecule has 0 radical (unpaired) electrons. The molecule has 0 aliphatic heterocycles. The third-order valence-corrected chi connectivity index (χ3v) is 5.31. The van der Waals surface area contributed by atoms with E-state index in [2.05, 4.69) is 32.6 Å². The number of anilines is 1. The summed E-state index contributed by atoms with van der Waals surface area (Å²) < 4.78 is 5.21. The van der Waals surface area contributed by atoms with Crippen LogP contribution in [0.15, 0.2) is 0 Å². The molecule has 0 bridgehead atoms. The number of carbonyl (C=O) groups is 1. The minimum atomic E-state index is 0.0309. The molecule has 1 heterocycles. The van der Waals surface area contributed by atoms with E-state index in [1.54, 1.807) is 18.4 Å². The van der Waals surface area contributed by atoms with E-state index in [0.717, 1.165) is 35.1 Å². The van der Waals surface area contributed by atoms with Crippen LogP contribution in [0.25, 0.3) is 0 Å². The molecule has 1 aromatic heterocycles. The second-order valence-corrected chi connectivity index (χ2v) is 7.63. The number of nitrogens with zero attached hydrogens (tertiary/aromatic N) is 2. The Kier molecular flexibility index (Phi) is 5.04. The molecule has 118 valence electrons. The molecule has 4 nitrogen and oxygen atoms in total. The number of ether oxygens (including phenoxy) is 1. The van der Waals surface area contributed by atoms with E-state index in [0.29, 0.717) is 19.1 Å². The summed E-state index contributed by atoms with van der Waals surface area (Å²) in [6.07, 6.45) is 2.57. The SMILES string of the molecule is CCC(C)N(CCOC)c1nc2c(s1)C(=O)CC(C)(C)C2. The Balaban J connectivity index is 2.29. The van der Waals surface area contributed by atoms with Gasteiger partial charge in [0.15, 0.2) is 10.9 Å². The molecule has 0 spiro atoms. The number of methoxy groups -OCH3 is 1. The van der Waals surface area contributed by atoms with Crippen molar-refractivity contribution in [3.63, 3.8) is 0 Å². The quantitative estimate of drug-likeness (QED) is 0.806. The predicted molar refractivity (Wildman–Crippen MR) is 87.5 cm³/mol. The second-order valence-electron chi connectivity index (χ2n) is 6.66. The van der Waals surface area contributed by atoms with Crippen LogP contribution in [0.2, 0.25) is 0 Å². The minimum absolute atomic E-state index is 0.0309. The molecule has 0 fully saturated rings. The first-order valence-electron chi connectivity index (χ1n) is 7.66. The molecule has 0 saturated heterocycles. The normalized spacial score (nSPS) is 18.4. The number of ketones is 1. The smallest absolute Gasteiger partial charge is 0.186 e. The third kappa shape index (κ3) is 3.64. The summed E-state index contributed by atoms with van der Waals surface area (Å²) in [6.45, 7) is 10.1. The van der Waals surface area contributed by atoms with Gasteiger partial charge in [-0.2, -0.15) is 0 Å². The molecular weight excluding hydrogens is 284 g/mol. The van der Waals surface area contributed by atoms with Crippen molar-refractivity contribution in [2.45, 2.75) is 53.0 Å². The number of carbonyl (C=O) groups excluding carboxylic acids is 1. The van der Waals surface area contributed by atoms with Crippen molar-refractivity contribution in [1.82, 2.24) is 4.98 Å². The molecule has 0 aromatic carbocycles. The summed E-state index contributed by atoms with van der Waals surface area (Å²) in [5.74, 6) is 0.251. The number of fused-ring (bicyclic) bond motifs is 1. The van der Waals surface area contributed by atoms with E-state index >= 15 is 0 Å². The van der Waals surface area contributed by atoms with E-state index in [4.69, 9.17) is 9.72 Å². The van der Waals surface area contributed by atoms with E-state index in [9.17, 15) is 4.79 Å². The highest BCUT2D eigenvalue weighted by Gasteiger charge is 2.34. The molecule has 2 rings (SSSR count). The molecule has 5 heteroatoms. The molecule has 21 heavy (non-hydrogen) atoms. The zero-order valence-electron chi connectivity index (χ0n) is 13.7. The van der Waals surface area contributed by atoms with Gasteiger partial charge < -0.3 is 9.64 Å². The van der Waals surface area contributed by atoms with Gasteiger partial charge >= 0.3 is 0 Å². The first-order chi connectivity index (χ1) is 9.88. The molecule has 1 aliphatic rings. The number of rotatable bonds is 6. The lowest BCUT2D eigenvalue weighted by Gasteiger charge is -2.28. The van der Waals surface area contributed by atoms with Crippen molar-refractivity contribution in [2.75, 3.05) is 25.2 Å². The molecular formula is C16H26N2O2S. The molecule has 1 aliphatic carbocycles. The lowest BCUT2D eigenvalue weighted by Crippen LogP contribution is -2.35. The van der Waals surface area contributed by atoms with E-state index in [1.165, 1.54) is 0 Å². The van der Waals surface area contributed by atoms with Crippen molar-refractivity contribution in [2.24, 2.45) is 5.41 Å². The Morgan fingerprint density at radius 2 is 2.14 bits per heavy atom. The summed E-state index contributed by atoms with van der Waals surface area (Å²) in [6, 6.07) is 0.399. The summed E-state index contributed by atoms with van der Waals surface area (Å²) in [5, 5.41) is 0.970. The summed E-state index contributed by atoms with van der Waals surface area (Å²) in [4.78, 5) is 20.2. The highest BCUT2D eigenvalue weighted by molar-refractivity contribution is 7.17. The summed E-state index contributed by atoms with van der Waals surface area (Å²) >= 11 is 1.56. The van der Waals surface area contributed by atoms with Gasteiger partial charge in [0.2, 0.25) is 0 Å². The van der Waals surface area contributed by atoms with Gasteiger partial charge in [-0.15, -0.1) is 0 Å². The number of Topliss-reactive ketones (excluding diaryl/α,β-unsaturated/α-hetero) is 1. The topological polar surface area (TPSA) is 42.4 Å². The fourth-order valence-electron chi connectivity index (χ4n) is 2.75. The second kappa shape index (κ2) is 6.44. The van der Waals surface area contributed by atoms with Crippen LogP contribution in [0.4, 0.5) is 5.13 Å². The Labute approximate surface area is 131 Å². The first kappa shape index (κ1) is 16.4. The van der Waals surface area contributed by atoms with Crippen LogP contribution in [0, 0.1) is 5.41 Å². The molecule has 0 amide bonds. The van der Waals surface area contributed by atoms with Crippen molar-refractivity contribution in [3.05, 3.63) is 10.6 Å². The molecule has 0 saturated carbocycles. The van der Waals surface area contributed by atoms with Gasteiger partial charge in [0.25, 0.3) is 0 Å². The van der Waals surface area contributed by atoms with Gasteiger partial charge in [-0.1, -0.05) is 32.1 Å². The van der Waals surface area contributed by atoms with Gasteiger partial charge in [-0.25, -0.2) is 4.98 Å². The fourth-order valence-corrected chi connectivity index (χ4v) is 3.89. The van der Waals surface area contributed by atoms with E-state index in [1.807, 2.05) is 0 Å². The molecule has 1 unspecified atom stereocenters. The van der Waals surface area contributed by atoms with Crippen molar-refractivity contribution in [3.8, 4) is 0 Å². The van der Waals surface area contributed by atoms with Crippen LogP contribution in [0.3, 0.4) is 0 Å². The van der Waals surface area contributed by atoms with Crippen LogP contribution >= 0.6 is 11.3 Å². The lowest BCUT2D eigenvalue weighted by molar-refractivity contribution is 0.0916. The van der Waals surface area contributed by atoms with Crippen LogP contribution in [0.5, 0.6) is 0 Å². The summed E-state index contributed by atoms with van der Waals surface area (Å²) in [7, 11) is 1.72. The zero-order valence-corrected chi connectivity index (χ0v) is 14.5. The Morgan fingerprint density at radius 1 is 1.43 bits per heavy atom. The molecule has 0 N–H and O–H groups in total. The number of thiazole rings is 1. The average Bonchev–Trinajstić information content (AvgIpc) is 2.81. The maximum atomic E-state index is 12.3. The van der Waals surface area contributed by atoms with Gasteiger partial charge in [0.1, 0.15) is 0 Å². The van der Waals surface area contributed by atoms with Crippen LogP contribution in [0.1, 0.15) is 55.9 Å². The highest BCUT2D eigenvalue weighted by atomic mass is 32.1. The Morgan fingerprint density at radius 3 is 2.76 bits per heavy atom. The molecule has 1 aromatic rings. The first-order valence-corrected chi connectivity index (χ1v) is 8.48. The average molecular weight is 310 g/mol. The highest BCUT2D eigenvalue weighted by Crippen LogP contribution is 2.39. The monoisotopic (exact) mass is 310 g/mol. The number of hydrogen-bond donors (Lipinski definition) is 0. The van der Waals surface area contributed by atoms with Gasteiger partial charge in [0.05, 0.1) is 17.2 Å². The van der Waals surface area contributed by atoms with Crippen molar-refractivity contribution >= 4 is 22.3 Å². The maximum Gasteiger partial charge on any atom is 0.186 e. The minimum Gasteiger partial charge on any atom is -0.383 e. The van der Waals surface area contributed by atoms with E-state index < -0.39 is 0 Å². The van der Waals surface area contributed by atoms with Gasteiger partial charge in [-0.3, -0.25) is 4.79 Å². The Hall–Kier alpha value is -0.940. The van der Waals surface area contributed by atoms with Gasteiger partial charge in [-0.05, 0) is 25.2 Å². The zero-order chi connectivity index (χ0) is 15.6. The third-order valence-electron chi connectivity index (χ3n) is 4.13. The Bertz CT molecular complexity index is 510. The van der Waals surface area contributed by atoms with Gasteiger partial charge in [0, 0.05) is 26.1 Å².